The number of likely N-dealkylation sites (tertiary alicyclic amines) is 1. The maximum atomic E-state index is 11.8. The van der Waals surface area contributed by atoms with Crippen molar-refractivity contribution >= 4 is 6.09 Å². The van der Waals surface area contributed by atoms with E-state index in [1.54, 1.807) is 6.20 Å². The maximum absolute atomic E-state index is 11.8. The van der Waals surface area contributed by atoms with Gasteiger partial charge in [-0.1, -0.05) is 30.3 Å². The van der Waals surface area contributed by atoms with Crippen molar-refractivity contribution in [3.05, 3.63) is 65.0 Å². The fraction of sp³-hybridized carbons (Fsp3) is 0.538. The smallest absolute Gasteiger partial charge is 0.406 e. The number of nitrogens with one attached hydrogen (secondary N) is 1. The number of alkyl carbamates (subject to hydrolysis) is 1. The number of rotatable bonds is 5. The van der Waals surface area contributed by atoms with Gasteiger partial charge in [0, 0.05) is 25.8 Å². The van der Waals surface area contributed by atoms with Gasteiger partial charge in [0.1, 0.15) is 0 Å². The van der Waals surface area contributed by atoms with Crippen molar-refractivity contribution in [2.75, 3.05) is 33.3 Å². The highest BCUT2D eigenvalue weighted by atomic mass is 16.5. The van der Waals surface area contributed by atoms with E-state index in [0.29, 0.717) is 24.3 Å². The van der Waals surface area contributed by atoms with Crippen molar-refractivity contribution in [1.29, 1.82) is 0 Å². The van der Waals surface area contributed by atoms with Gasteiger partial charge in [-0.05, 0) is 79.7 Å². The van der Waals surface area contributed by atoms with E-state index in [0.717, 1.165) is 51.0 Å². The number of pyridine rings is 1. The van der Waals surface area contributed by atoms with E-state index in [9.17, 15) is 9.90 Å². The predicted octanol–water partition coefficient (Wildman–Crippen LogP) is 3.84. The number of hydrogen-bond donors (Lipinski definition) is 2. The van der Waals surface area contributed by atoms with Gasteiger partial charge in [0.25, 0.3) is 0 Å². The number of carbonyl (C=O) groups is 1. The van der Waals surface area contributed by atoms with Gasteiger partial charge in [0.15, 0.2) is 0 Å². The largest absolute Gasteiger partial charge is 0.453 e. The molecule has 2 N–H and O–H groups in total. The Kier molecular flexibility index (Phi) is 7.43. The lowest BCUT2D eigenvalue weighted by molar-refractivity contribution is 0.0960. The van der Waals surface area contributed by atoms with E-state index in [1.807, 2.05) is 6.07 Å². The topological polar surface area (TPSA) is 74.7 Å². The number of amides is 1. The number of hydrogen-bond acceptors (Lipinski definition) is 5. The molecule has 2 heterocycles. The summed E-state index contributed by atoms with van der Waals surface area (Å²) in [6.45, 7) is 5.71. The summed E-state index contributed by atoms with van der Waals surface area (Å²) in [4.78, 5) is 18.7. The van der Waals surface area contributed by atoms with Gasteiger partial charge in [-0.2, -0.15) is 0 Å². The zero-order valence-corrected chi connectivity index (χ0v) is 19.2. The van der Waals surface area contributed by atoms with Crippen LogP contribution in [0.2, 0.25) is 0 Å². The first kappa shape index (κ1) is 22.7. The van der Waals surface area contributed by atoms with Crippen LogP contribution in [0.4, 0.5) is 4.79 Å². The molecule has 1 aromatic heterocycles. The molecule has 6 heteroatoms. The minimum Gasteiger partial charge on any atom is -0.453 e. The van der Waals surface area contributed by atoms with E-state index in [-0.39, 0.29) is 6.09 Å². The molecule has 0 saturated carbocycles. The number of fused-ring (bicyclic) bond motifs is 1. The summed E-state index contributed by atoms with van der Waals surface area (Å²) in [7, 11) is 1.41. The van der Waals surface area contributed by atoms with Crippen molar-refractivity contribution in [2.24, 2.45) is 11.8 Å². The molecule has 32 heavy (non-hydrogen) atoms. The summed E-state index contributed by atoms with van der Waals surface area (Å²) >= 11 is 0. The number of piperidine rings is 1. The zero-order chi connectivity index (χ0) is 22.5. The van der Waals surface area contributed by atoms with Crippen LogP contribution in [0.15, 0.2) is 42.6 Å². The van der Waals surface area contributed by atoms with Gasteiger partial charge in [0.2, 0.25) is 0 Å². The van der Waals surface area contributed by atoms with E-state index in [2.05, 4.69) is 52.5 Å². The van der Waals surface area contributed by atoms with E-state index in [1.165, 1.54) is 23.8 Å². The molecule has 1 aliphatic heterocycles. The zero-order valence-electron chi connectivity index (χ0n) is 19.2. The average molecular weight is 438 g/mol. The maximum Gasteiger partial charge on any atom is 0.406 e. The monoisotopic (exact) mass is 437 g/mol. The number of aryl methyl sites for hydroxylation is 2. The van der Waals surface area contributed by atoms with Gasteiger partial charge in [0.05, 0.1) is 18.9 Å². The molecule has 6 nitrogen and oxygen atoms in total. The van der Waals surface area contributed by atoms with Crippen LogP contribution in [0.3, 0.4) is 0 Å². The van der Waals surface area contributed by atoms with E-state index >= 15 is 0 Å². The number of ether oxygens (including phenoxy) is 1. The second-order valence-corrected chi connectivity index (χ2v) is 9.35. The lowest BCUT2D eigenvalue weighted by Gasteiger charge is -2.40. The predicted molar refractivity (Wildman–Crippen MR) is 124 cm³/mol. The van der Waals surface area contributed by atoms with Crippen LogP contribution in [0, 0.1) is 18.8 Å². The molecule has 0 spiro atoms. The van der Waals surface area contributed by atoms with Crippen LogP contribution in [0.25, 0.3) is 0 Å². The third-order valence-electron chi connectivity index (χ3n) is 7.24. The molecule has 0 bridgehead atoms. The van der Waals surface area contributed by atoms with Crippen LogP contribution in [0.5, 0.6) is 0 Å². The number of methoxy groups -OCH3 is 1. The molecule has 1 aliphatic carbocycles. The molecular formula is C26H35N3O3. The Labute approximate surface area is 191 Å². The SMILES string of the molecule is COC(=O)NC[C@H]1CN(C[C@@H]2CCc3cccnc3[C@@H](O)C2)CC[C@@H]1c1ccccc1C. The molecule has 1 fully saturated rings. The van der Waals surface area contributed by atoms with Gasteiger partial charge in [-0.25, -0.2) is 4.79 Å². The minimum absolute atomic E-state index is 0.318. The van der Waals surface area contributed by atoms with Gasteiger partial charge < -0.3 is 20.1 Å². The standard InChI is InChI=1S/C26H35N3O3/c1-18-6-3-4-8-22(18)23-11-13-29(17-21(23)15-28-26(31)32-2)16-19-9-10-20-7-5-12-27-25(20)24(30)14-19/h3-8,12,19,21,23-24,30H,9-11,13-17H2,1-2H3,(H,28,31)/t19-,21+,23+,24+/m1/s1. The first-order valence-electron chi connectivity index (χ1n) is 11.8. The Hall–Kier alpha value is -2.44. The molecule has 4 atom stereocenters. The lowest BCUT2D eigenvalue weighted by Crippen LogP contribution is -2.46. The number of nitrogens with zero attached hydrogens (tertiary/aromatic N) is 2. The van der Waals surface area contributed by atoms with E-state index in [4.69, 9.17) is 4.74 Å². The molecule has 1 aromatic carbocycles. The summed E-state index contributed by atoms with van der Waals surface area (Å²) in [6, 6.07) is 12.6. The molecule has 172 valence electrons. The van der Waals surface area contributed by atoms with Crippen LogP contribution < -0.4 is 5.32 Å². The summed E-state index contributed by atoms with van der Waals surface area (Å²) in [5, 5.41) is 13.7. The Morgan fingerprint density at radius 2 is 2.09 bits per heavy atom. The summed E-state index contributed by atoms with van der Waals surface area (Å²) in [5.41, 5.74) is 4.73. The Balaban J connectivity index is 1.43. The lowest BCUT2D eigenvalue weighted by atomic mass is 9.78. The minimum atomic E-state index is -0.486. The first-order valence-corrected chi connectivity index (χ1v) is 11.8. The summed E-state index contributed by atoms with van der Waals surface area (Å²) < 4.78 is 4.81. The molecule has 0 radical (unpaired) electrons. The molecule has 0 unspecified atom stereocenters. The molecule has 2 aliphatic rings. The van der Waals surface area contributed by atoms with Crippen molar-refractivity contribution in [3.63, 3.8) is 0 Å². The number of carbonyl (C=O) groups excluding carboxylic acids is 1. The first-order chi connectivity index (χ1) is 15.5. The van der Waals surface area contributed by atoms with Gasteiger partial charge >= 0.3 is 6.09 Å². The summed E-state index contributed by atoms with van der Waals surface area (Å²) in [6.07, 6.45) is 4.78. The summed E-state index contributed by atoms with van der Waals surface area (Å²) in [5.74, 6) is 1.17. The highest BCUT2D eigenvalue weighted by Crippen LogP contribution is 2.36. The van der Waals surface area contributed by atoms with Crippen LogP contribution in [-0.2, 0) is 11.2 Å². The quantitative estimate of drug-likeness (QED) is 0.696. The number of aliphatic hydroxyl groups is 1. The van der Waals surface area contributed by atoms with Crippen LogP contribution >= 0.6 is 0 Å². The molecular weight excluding hydrogens is 402 g/mol. The van der Waals surface area contributed by atoms with E-state index < -0.39 is 6.10 Å². The Morgan fingerprint density at radius 3 is 2.91 bits per heavy atom. The van der Waals surface area contributed by atoms with Crippen molar-refractivity contribution in [3.8, 4) is 0 Å². The Morgan fingerprint density at radius 1 is 1.25 bits per heavy atom. The van der Waals surface area contributed by atoms with Gasteiger partial charge in [-0.15, -0.1) is 0 Å². The third-order valence-corrected chi connectivity index (χ3v) is 7.24. The third kappa shape index (κ3) is 5.30. The van der Waals surface area contributed by atoms with Crippen LogP contribution in [0.1, 0.15) is 53.7 Å². The van der Waals surface area contributed by atoms with Crippen LogP contribution in [-0.4, -0.2) is 54.4 Å². The highest BCUT2D eigenvalue weighted by molar-refractivity contribution is 5.66. The van der Waals surface area contributed by atoms with Gasteiger partial charge in [-0.3, -0.25) is 4.98 Å². The number of aromatic nitrogens is 1. The fourth-order valence-corrected chi connectivity index (χ4v) is 5.58. The second-order valence-electron chi connectivity index (χ2n) is 9.35. The van der Waals surface area contributed by atoms with Crippen molar-refractivity contribution in [1.82, 2.24) is 15.2 Å². The normalized spacial score (nSPS) is 26.1. The fourth-order valence-electron chi connectivity index (χ4n) is 5.58. The average Bonchev–Trinajstić information content (AvgIpc) is 2.97. The second kappa shape index (κ2) is 10.5. The highest BCUT2D eigenvalue weighted by Gasteiger charge is 2.33. The molecule has 1 saturated heterocycles. The van der Waals surface area contributed by atoms with Crippen molar-refractivity contribution in [2.45, 2.75) is 44.6 Å². The van der Waals surface area contributed by atoms with Crippen molar-refractivity contribution < 1.29 is 14.6 Å². The molecule has 4 rings (SSSR count). The number of benzene rings is 1. The number of aliphatic hydroxyl groups excluding tert-OH is 1. The Bertz CT molecular complexity index is 919. The molecule has 2 aromatic rings. The molecule has 1 amide bonds.